The van der Waals surface area contributed by atoms with Crippen molar-refractivity contribution < 1.29 is 14.0 Å². The second-order valence-electron chi connectivity index (χ2n) is 5.69. The van der Waals surface area contributed by atoms with Crippen molar-refractivity contribution in [3.8, 4) is 0 Å². The number of carbonyl (C=O) groups is 1. The maximum absolute atomic E-state index is 11.7. The number of pyridine rings is 1. The van der Waals surface area contributed by atoms with Gasteiger partial charge < -0.3 is 9.16 Å². The van der Waals surface area contributed by atoms with E-state index < -0.39 is 8.32 Å². The number of esters is 1. The second-order valence-corrected chi connectivity index (χ2v) is 10.5. The van der Waals surface area contributed by atoms with Gasteiger partial charge in [0.2, 0.25) is 0 Å². The molecule has 0 saturated heterocycles. The van der Waals surface area contributed by atoms with Crippen LogP contribution in [0.2, 0.25) is 18.1 Å². The van der Waals surface area contributed by atoms with Crippen molar-refractivity contribution in [2.75, 3.05) is 6.79 Å². The average molecular weight is 267 g/mol. The predicted molar refractivity (Wildman–Crippen MR) is 72.8 cm³/mol. The lowest BCUT2D eigenvalue weighted by molar-refractivity contribution is 0.0111. The molecule has 100 valence electrons. The van der Waals surface area contributed by atoms with E-state index in [4.69, 9.17) is 9.16 Å². The summed E-state index contributed by atoms with van der Waals surface area (Å²) in [4.78, 5) is 15.5. The van der Waals surface area contributed by atoms with Crippen molar-refractivity contribution in [2.45, 2.75) is 38.9 Å². The van der Waals surface area contributed by atoms with E-state index in [1.54, 1.807) is 24.5 Å². The highest BCUT2D eigenvalue weighted by Gasteiger charge is 2.37. The first-order valence-electron chi connectivity index (χ1n) is 5.95. The van der Waals surface area contributed by atoms with Gasteiger partial charge in [-0.1, -0.05) is 20.8 Å². The lowest BCUT2D eigenvalue weighted by Gasteiger charge is -2.35. The zero-order valence-electron chi connectivity index (χ0n) is 11.7. The third kappa shape index (κ3) is 3.92. The molecular formula is C13H21NO3Si. The van der Waals surface area contributed by atoms with Crippen molar-refractivity contribution in [2.24, 2.45) is 0 Å². The molecule has 0 aromatic carbocycles. The largest absolute Gasteiger partial charge is 0.436 e. The number of hydrogen-bond donors (Lipinski definition) is 0. The zero-order chi connectivity index (χ0) is 13.8. The molecule has 0 fully saturated rings. The minimum absolute atomic E-state index is 0.0116. The summed E-state index contributed by atoms with van der Waals surface area (Å²) in [5, 5.41) is 0.107. The topological polar surface area (TPSA) is 48.4 Å². The lowest BCUT2D eigenvalue weighted by Crippen LogP contribution is -2.41. The molecule has 4 nitrogen and oxygen atoms in total. The van der Waals surface area contributed by atoms with E-state index in [-0.39, 0.29) is 17.8 Å². The molecule has 0 radical (unpaired) electrons. The standard InChI is InChI=1S/C13H21NO3Si/c1-13(2,3)18(4,5)17-10-16-12(15)11-6-8-14-9-7-11/h6-9H,10H2,1-5H3. The smallest absolute Gasteiger partial charge is 0.340 e. The minimum atomic E-state index is -1.86. The van der Waals surface area contributed by atoms with Crippen LogP contribution in [-0.2, 0) is 9.16 Å². The Morgan fingerprint density at radius 3 is 2.33 bits per heavy atom. The maximum Gasteiger partial charge on any atom is 0.340 e. The van der Waals surface area contributed by atoms with E-state index in [0.717, 1.165) is 0 Å². The molecule has 0 spiro atoms. The van der Waals surface area contributed by atoms with Crippen LogP contribution in [0.4, 0.5) is 0 Å². The van der Waals surface area contributed by atoms with Crippen LogP contribution in [-0.4, -0.2) is 26.1 Å². The van der Waals surface area contributed by atoms with Gasteiger partial charge in [-0.3, -0.25) is 4.98 Å². The molecule has 0 saturated carbocycles. The van der Waals surface area contributed by atoms with Crippen LogP contribution in [0.15, 0.2) is 24.5 Å². The summed E-state index contributed by atoms with van der Waals surface area (Å²) in [6.07, 6.45) is 3.12. The highest BCUT2D eigenvalue weighted by atomic mass is 28.4. The fourth-order valence-electron chi connectivity index (χ4n) is 1.02. The first-order valence-corrected chi connectivity index (χ1v) is 8.86. The van der Waals surface area contributed by atoms with E-state index in [9.17, 15) is 4.79 Å². The van der Waals surface area contributed by atoms with E-state index in [1.807, 2.05) is 0 Å². The summed E-state index contributed by atoms with van der Waals surface area (Å²) in [7, 11) is -1.86. The Labute approximate surface area is 109 Å². The van der Waals surface area contributed by atoms with Crippen molar-refractivity contribution in [3.63, 3.8) is 0 Å². The maximum atomic E-state index is 11.7. The molecule has 0 atom stereocenters. The van der Waals surface area contributed by atoms with Crippen LogP contribution in [0.25, 0.3) is 0 Å². The van der Waals surface area contributed by atoms with Gasteiger partial charge in [-0.05, 0) is 30.3 Å². The molecule has 0 aliphatic carbocycles. The lowest BCUT2D eigenvalue weighted by atomic mass is 10.2. The molecule has 1 heterocycles. The average Bonchev–Trinajstić information content (AvgIpc) is 2.28. The van der Waals surface area contributed by atoms with Crippen molar-refractivity contribution in [1.82, 2.24) is 4.98 Å². The molecule has 5 heteroatoms. The monoisotopic (exact) mass is 267 g/mol. The number of carbonyl (C=O) groups excluding carboxylic acids is 1. The minimum Gasteiger partial charge on any atom is -0.436 e. The van der Waals surface area contributed by atoms with Gasteiger partial charge in [-0.25, -0.2) is 4.79 Å². The van der Waals surface area contributed by atoms with Crippen molar-refractivity contribution >= 4 is 14.3 Å². The fraction of sp³-hybridized carbons (Fsp3) is 0.538. The van der Waals surface area contributed by atoms with Crippen LogP contribution in [0, 0.1) is 0 Å². The molecule has 1 rings (SSSR count). The van der Waals surface area contributed by atoms with Gasteiger partial charge in [0, 0.05) is 12.4 Å². The van der Waals surface area contributed by atoms with Gasteiger partial charge in [-0.2, -0.15) is 0 Å². The molecule has 1 aromatic rings. The molecule has 0 unspecified atom stereocenters. The summed E-state index contributed by atoms with van der Waals surface area (Å²) >= 11 is 0. The number of hydrogen-bond acceptors (Lipinski definition) is 4. The Kier molecular flexibility index (Phi) is 4.64. The fourth-order valence-corrected chi connectivity index (χ4v) is 1.80. The van der Waals surface area contributed by atoms with Gasteiger partial charge in [0.15, 0.2) is 15.1 Å². The van der Waals surface area contributed by atoms with Crippen molar-refractivity contribution in [1.29, 1.82) is 0 Å². The Morgan fingerprint density at radius 1 is 1.28 bits per heavy atom. The van der Waals surface area contributed by atoms with Crippen LogP contribution in [0.3, 0.4) is 0 Å². The molecule has 18 heavy (non-hydrogen) atoms. The normalized spacial score (nSPS) is 12.3. The van der Waals surface area contributed by atoms with Gasteiger partial charge in [0.1, 0.15) is 0 Å². The summed E-state index contributed by atoms with van der Waals surface area (Å²) in [6.45, 7) is 10.7. The van der Waals surface area contributed by atoms with Crippen LogP contribution in [0.5, 0.6) is 0 Å². The number of ether oxygens (including phenoxy) is 1. The van der Waals surface area contributed by atoms with Crippen LogP contribution in [0.1, 0.15) is 31.1 Å². The molecule has 0 amide bonds. The highest BCUT2D eigenvalue weighted by molar-refractivity contribution is 6.74. The van der Waals surface area contributed by atoms with Gasteiger partial charge in [-0.15, -0.1) is 0 Å². The Bertz CT molecular complexity index is 398. The molecule has 0 N–H and O–H groups in total. The first-order chi connectivity index (χ1) is 8.24. The quantitative estimate of drug-likeness (QED) is 0.477. The third-order valence-corrected chi connectivity index (χ3v) is 7.78. The Morgan fingerprint density at radius 2 is 1.83 bits per heavy atom. The van der Waals surface area contributed by atoms with E-state index in [2.05, 4.69) is 38.8 Å². The van der Waals surface area contributed by atoms with E-state index in [0.29, 0.717) is 5.56 Å². The molecule has 0 aliphatic heterocycles. The van der Waals surface area contributed by atoms with Gasteiger partial charge in [0.05, 0.1) is 5.56 Å². The van der Waals surface area contributed by atoms with Crippen LogP contribution < -0.4 is 0 Å². The summed E-state index contributed by atoms with van der Waals surface area (Å²) in [6, 6.07) is 3.24. The zero-order valence-corrected chi connectivity index (χ0v) is 12.7. The molecule has 0 aliphatic rings. The van der Waals surface area contributed by atoms with Gasteiger partial charge >= 0.3 is 5.97 Å². The number of rotatable bonds is 4. The second kappa shape index (κ2) is 5.62. The number of aromatic nitrogens is 1. The molecule has 0 bridgehead atoms. The van der Waals surface area contributed by atoms with Gasteiger partial charge in [0.25, 0.3) is 0 Å². The molecular weight excluding hydrogens is 246 g/mol. The highest BCUT2D eigenvalue weighted by Crippen LogP contribution is 2.36. The first kappa shape index (κ1) is 14.9. The van der Waals surface area contributed by atoms with Crippen LogP contribution >= 0.6 is 0 Å². The van der Waals surface area contributed by atoms with E-state index in [1.165, 1.54) is 0 Å². The van der Waals surface area contributed by atoms with Crippen molar-refractivity contribution in [3.05, 3.63) is 30.1 Å². The predicted octanol–water partition coefficient (Wildman–Crippen LogP) is 3.22. The third-order valence-electron chi connectivity index (χ3n) is 3.33. The SMILES string of the molecule is CC(C)(C)[Si](C)(C)OCOC(=O)c1ccncc1. The number of nitrogens with zero attached hydrogens (tertiary/aromatic N) is 1. The molecule has 1 aromatic heterocycles. The summed E-state index contributed by atoms with van der Waals surface area (Å²) in [5.74, 6) is -0.379. The Hall–Kier alpha value is -1.20. The van der Waals surface area contributed by atoms with E-state index >= 15 is 0 Å². The summed E-state index contributed by atoms with van der Waals surface area (Å²) in [5.41, 5.74) is 0.490. The summed E-state index contributed by atoms with van der Waals surface area (Å²) < 4.78 is 10.9. The Balaban J connectivity index is 2.46.